The minimum absolute atomic E-state index is 0.217. The second-order valence-electron chi connectivity index (χ2n) is 3.84. The van der Waals surface area contributed by atoms with Crippen LogP contribution in [-0.2, 0) is 14.3 Å². The van der Waals surface area contributed by atoms with Gasteiger partial charge < -0.3 is 14.4 Å². The second-order valence-corrected chi connectivity index (χ2v) is 3.84. The number of amides is 1. The predicted molar refractivity (Wildman–Crippen MR) is 58.0 cm³/mol. The van der Waals surface area contributed by atoms with Crippen LogP contribution in [0.25, 0.3) is 0 Å². The van der Waals surface area contributed by atoms with Gasteiger partial charge >= 0.3 is 12.1 Å². The van der Waals surface area contributed by atoms with Crippen molar-refractivity contribution in [1.29, 1.82) is 0 Å². The molecule has 0 atom stereocenters. The quantitative estimate of drug-likeness (QED) is 0.530. The standard InChI is InChI=1S/C11H19NO4/c1-15-10(13)6-2-5-9-16-11(14)12-7-3-4-8-12/h2-9H2,1H3. The number of hydrogen-bond donors (Lipinski definition) is 0. The first-order chi connectivity index (χ1) is 7.74. The van der Waals surface area contributed by atoms with E-state index in [1.54, 1.807) is 4.90 Å². The molecule has 0 spiro atoms. The Balaban J connectivity index is 1.98. The summed E-state index contributed by atoms with van der Waals surface area (Å²) in [5, 5.41) is 0. The van der Waals surface area contributed by atoms with E-state index in [-0.39, 0.29) is 12.1 Å². The lowest BCUT2D eigenvalue weighted by Crippen LogP contribution is -2.28. The van der Waals surface area contributed by atoms with Gasteiger partial charge in [0.25, 0.3) is 0 Å². The van der Waals surface area contributed by atoms with Gasteiger partial charge in [0, 0.05) is 19.5 Å². The SMILES string of the molecule is COC(=O)CCCCOC(=O)N1CCCC1. The molecule has 0 bridgehead atoms. The van der Waals surface area contributed by atoms with Crippen LogP contribution < -0.4 is 0 Å². The van der Waals surface area contributed by atoms with Crippen molar-refractivity contribution in [2.45, 2.75) is 32.1 Å². The fourth-order valence-electron chi connectivity index (χ4n) is 1.62. The molecule has 1 rings (SSSR count). The fraction of sp³-hybridized carbons (Fsp3) is 0.818. The van der Waals surface area contributed by atoms with Crippen molar-refractivity contribution in [1.82, 2.24) is 4.90 Å². The molecule has 16 heavy (non-hydrogen) atoms. The number of likely N-dealkylation sites (tertiary alicyclic amines) is 1. The number of carbonyl (C=O) groups is 2. The average Bonchev–Trinajstić information content (AvgIpc) is 2.81. The van der Waals surface area contributed by atoms with E-state index >= 15 is 0 Å². The zero-order chi connectivity index (χ0) is 11.8. The van der Waals surface area contributed by atoms with Crippen LogP contribution in [0.3, 0.4) is 0 Å². The molecule has 1 aliphatic heterocycles. The van der Waals surface area contributed by atoms with Gasteiger partial charge in [-0.05, 0) is 25.7 Å². The fourth-order valence-corrected chi connectivity index (χ4v) is 1.62. The van der Waals surface area contributed by atoms with Crippen LogP contribution in [0.5, 0.6) is 0 Å². The summed E-state index contributed by atoms with van der Waals surface area (Å²) in [6.07, 6.45) is 3.69. The van der Waals surface area contributed by atoms with E-state index in [1.165, 1.54) is 7.11 Å². The summed E-state index contributed by atoms with van der Waals surface area (Å²) in [6.45, 7) is 1.99. The highest BCUT2D eigenvalue weighted by molar-refractivity contribution is 5.69. The molecule has 1 saturated heterocycles. The van der Waals surface area contributed by atoms with E-state index < -0.39 is 0 Å². The minimum Gasteiger partial charge on any atom is -0.469 e. The number of rotatable bonds is 5. The number of esters is 1. The Morgan fingerprint density at radius 1 is 1.19 bits per heavy atom. The first kappa shape index (κ1) is 12.8. The van der Waals surface area contributed by atoms with Crippen LogP contribution in [0.1, 0.15) is 32.1 Å². The Labute approximate surface area is 95.7 Å². The van der Waals surface area contributed by atoms with E-state index in [1.807, 2.05) is 0 Å². The molecule has 5 heteroatoms. The average molecular weight is 229 g/mol. The molecule has 0 aromatic rings. The van der Waals surface area contributed by atoms with E-state index in [0.717, 1.165) is 25.9 Å². The van der Waals surface area contributed by atoms with Gasteiger partial charge in [0.15, 0.2) is 0 Å². The third-order valence-corrected chi connectivity index (χ3v) is 2.59. The lowest BCUT2D eigenvalue weighted by Gasteiger charge is -2.14. The maximum absolute atomic E-state index is 11.4. The van der Waals surface area contributed by atoms with Crippen LogP contribution in [0, 0.1) is 0 Å². The third kappa shape index (κ3) is 4.51. The van der Waals surface area contributed by atoms with Crippen LogP contribution in [-0.4, -0.2) is 43.8 Å². The first-order valence-corrected chi connectivity index (χ1v) is 5.72. The molecule has 92 valence electrons. The Bertz CT molecular complexity index is 236. The highest BCUT2D eigenvalue weighted by Gasteiger charge is 2.18. The molecule has 0 N–H and O–H groups in total. The molecule has 0 aromatic carbocycles. The van der Waals surface area contributed by atoms with Crippen molar-refractivity contribution in [3.05, 3.63) is 0 Å². The Morgan fingerprint density at radius 3 is 2.50 bits per heavy atom. The maximum atomic E-state index is 11.4. The van der Waals surface area contributed by atoms with E-state index in [0.29, 0.717) is 25.9 Å². The lowest BCUT2D eigenvalue weighted by atomic mass is 10.2. The molecule has 0 radical (unpaired) electrons. The van der Waals surface area contributed by atoms with Crippen LogP contribution in [0.2, 0.25) is 0 Å². The van der Waals surface area contributed by atoms with Crippen LogP contribution in [0.15, 0.2) is 0 Å². The molecular weight excluding hydrogens is 210 g/mol. The number of unbranched alkanes of at least 4 members (excludes halogenated alkanes) is 1. The summed E-state index contributed by atoms with van der Waals surface area (Å²) >= 11 is 0. The van der Waals surface area contributed by atoms with Gasteiger partial charge in [-0.3, -0.25) is 4.79 Å². The molecule has 1 heterocycles. The number of methoxy groups -OCH3 is 1. The zero-order valence-electron chi connectivity index (χ0n) is 9.74. The molecule has 1 amide bonds. The van der Waals surface area contributed by atoms with Gasteiger partial charge in [0.1, 0.15) is 0 Å². The minimum atomic E-state index is -0.226. The Kier molecular flexibility index (Phi) is 5.67. The van der Waals surface area contributed by atoms with Crippen molar-refractivity contribution in [2.75, 3.05) is 26.8 Å². The second kappa shape index (κ2) is 7.09. The van der Waals surface area contributed by atoms with Gasteiger partial charge in [0.05, 0.1) is 13.7 Å². The highest BCUT2D eigenvalue weighted by atomic mass is 16.6. The van der Waals surface area contributed by atoms with Crippen molar-refractivity contribution in [2.24, 2.45) is 0 Å². The normalized spacial score (nSPS) is 14.9. The van der Waals surface area contributed by atoms with Gasteiger partial charge in [0.2, 0.25) is 0 Å². The maximum Gasteiger partial charge on any atom is 0.409 e. The number of carbonyl (C=O) groups excluding carboxylic acids is 2. The molecule has 0 saturated carbocycles. The van der Waals surface area contributed by atoms with Crippen LogP contribution in [0.4, 0.5) is 4.79 Å². The molecular formula is C11H19NO4. The predicted octanol–water partition coefficient (Wildman–Crippen LogP) is 1.56. The lowest BCUT2D eigenvalue weighted by molar-refractivity contribution is -0.140. The summed E-state index contributed by atoms with van der Waals surface area (Å²) in [7, 11) is 1.37. The summed E-state index contributed by atoms with van der Waals surface area (Å²) < 4.78 is 9.58. The molecule has 0 aromatic heterocycles. The number of hydrogen-bond acceptors (Lipinski definition) is 4. The Morgan fingerprint density at radius 2 is 1.88 bits per heavy atom. The summed E-state index contributed by atoms with van der Waals surface area (Å²) in [5.74, 6) is -0.217. The first-order valence-electron chi connectivity index (χ1n) is 5.72. The summed E-state index contributed by atoms with van der Waals surface area (Å²) in [4.78, 5) is 23.9. The smallest absolute Gasteiger partial charge is 0.409 e. The van der Waals surface area contributed by atoms with Crippen LogP contribution >= 0.6 is 0 Å². The van der Waals surface area contributed by atoms with Crippen molar-refractivity contribution in [3.63, 3.8) is 0 Å². The molecule has 0 unspecified atom stereocenters. The monoisotopic (exact) mass is 229 g/mol. The van der Waals surface area contributed by atoms with Gasteiger partial charge in [-0.15, -0.1) is 0 Å². The van der Waals surface area contributed by atoms with Crippen molar-refractivity contribution >= 4 is 12.1 Å². The van der Waals surface area contributed by atoms with Gasteiger partial charge in [-0.25, -0.2) is 4.79 Å². The third-order valence-electron chi connectivity index (χ3n) is 2.59. The summed E-state index contributed by atoms with van der Waals surface area (Å²) in [5.41, 5.74) is 0. The largest absolute Gasteiger partial charge is 0.469 e. The molecule has 0 aliphatic carbocycles. The van der Waals surface area contributed by atoms with Crippen molar-refractivity contribution in [3.8, 4) is 0 Å². The zero-order valence-corrected chi connectivity index (χ0v) is 9.74. The highest BCUT2D eigenvalue weighted by Crippen LogP contribution is 2.09. The number of ether oxygens (including phenoxy) is 2. The van der Waals surface area contributed by atoms with E-state index in [9.17, 15) is 9.59 Å². The molecule has 1 fully saturated rings. The van der Waals surface area contributed by atoms with Crippen molar-refractivity contribution < 1.29 is 19.1 Å². The topological polar surface area (TPSA) is 55.8 Å². The van der Waals surface area contributed by atoms with E-state index in [4.69, 9.17) is 4.74 Å². The number of nitrogens with zero attached hydrogens (tertiary/aromatic N) is 1. The molecule has 1 aliphatic rings. The van der Waals surface area contributed by atoms with Gasteiger partial charge in [-0.2, -0.15) is 0 Å². The molecule has 5 nitrogen and oxygen atoms in total. The van der Waals surface area contributed by atoms with Gasteiger partial charge in [-0.1, -0.05) is 0 Å². The Hall–Kier alpha value is -1.26. The summed E-state index contributed by atoms with van der Waals surface area (Å²) in [6, 6.07) is 0. The van der Waals surface area contributed by atoms with E-state index in [2.05, 4.69) is 4.74 Å².